The van der Waals surface area contributed by atoms with Crippen LogP contribution in [0.15, 0.2) is 53.4 Å². The Morgan fingerprint density at radius 3 is 2.61 bits per heavy atom. The summed E-state index contributed by atoms with van der Waals surface area (Å²) in [6, 6.07) is 16.6. The van der Waals surface area contributed by atoms with E-state index in [2.05, 4.69) is 44.2 Å². The Morgan fingerprint density at radius 1 is 1.00 bits per heavy atom. The minimum Gasteiger partial charge on any atom is -0.493 e. The summed E-state index contributed by atoms with van der Waals surface area (Å²) in [5.41, 5.74) is 2.53. The molecule has 0 fully saturated rings. The van der Waals surface area contributed by atoms with Crippen molar-refractivity contribution in [3.8, 4) is 5.75 Å². The van der Waals surface area contributed by atoms with Gasteiger partial charge in [-0.1, -0.05) is 43.3 Å². The van der Waals surface area contributed by atoms with Crippen LogP contribution in [-0.2, 0) is 11.3 Å². The Balaban J connectivity index is 1.66. The molecule has 0 saturated heterocycles. The zero-order valence-corrected chi connectivity index (χ0v) is 14.9. The summed E-state index contributed by atoms with van der Waals surface area (Å²) >= 11 is 1.90. The van der Waals surface area contributed by atoms with Crippen molar-refractivity contribution in [2.45, 2.75) is 38.2 Å². The minimum atomic E-state index is 0.670. The summed E-state index contributed by atoms with van der Waals surface area (Å²) in [4.78, 5) is 1.32. The average Bonchev–Trinajstić information content (AvgIpc) is 2.59. The molecule has 0 radical (unpaired) electrons. The highest BCUT2D eigenvalue weighted by Crippen LogP contribution is 2.27. The second-order valence-corrected chi connectivity index (χ2v) is 6.65. The maximum atomic E-state index is 5.84. The smallest absolute Gasteiger partial charge is 0.120 e. The first-order chi connectivity index (χ1) is 11.3. The molecule has 0 saturated carbocycles. The molecule has 0 bridgehead atoms. The normalized spacial score (nSPS) is 10.7. The van der Waals surface area contributed by atoms with Gasteiger partial charge in [-0.15, -0.1) is 11.8 Å². The summed E-state index contributed by atoms with van der Waals surface area (Å²) in [5, 5.41) is 0. The van der Waals surface area contributed by atoms with Gasteiger partial charge >= 0.3 is 0 Å². The molecule has 0 heterocycles. The highest BCUT2D eigenvalue weighted by Gasteiger charge is 2.02. The third kappa shape index (κ3) is 6.67. The number of thioether (sulfide) groups is 1. The van der Waals surface area contributed by atoms with Crippen LogP contribution in [0, 0.1) is 6.92 Å². The minimum absolute atomic E-state index is 0.670. The van der Waals surface area contributed by atoms with E-state index in [9.17, 15) is 0 Å². The largest absolute Gasteiger partial charge is 0.493 e. The van der Waals surface area contributed by atoms with Gasteiger partial charge in [-0.2, -0.15) is 0 Å². The zero-order chi connectivity index (χ0) is 16.3. The van der Waals surface area contributed by atoms with E-state index in [1.165, 1.54) is 22.4 Å². The van der Waals surface area contributed by atoms with Crippen molar-refractivity contribution in [2.75, 3.05) is 19.0 Å². The van der Waals surface area contributed by atoms with Crippen molar-refractivity contribution in [3.63, 3.8) is 0 Å². The summed E-state index contributed by atoms with van der Waals surface area (Å²) in [6.45, 7) is 6.44. The SMILES string of the molecule is CCCSc1cc(OCCCOCc2ccccc2)ccc1C. The van der Waals surface area contributed by atoms with Crippen LogP contribution in [0.5, 0.6) is 5.75 Å². The van der Waals surface area contributed by atoms with Gasteiger partial charge < -0.3 is 9.47 Å². The fraction of sp³-hybridized carbons (Fsp3) is 0.400. The summed E-state index contributed by atoms with van der Waals surface area (Å²) in [6.07, 6.45) is 2.09. The Bertz CT molecular complexity index is 569. The van der Waals surface area contributed by atoms with Crippen molar-refractivity contribution in [1.82, 2.24) is 0 Å². The highest BCUT2D eigenvalue weighted by atomic mass is 32.2. The Morgan fingerprint density at radius 2 is 1.83 bits per heavy atom. The predicted molar refractivity (Wildman–Crippen MR) is 98.4 cm³/mol. The van der Waals surface area contributed by atoms with Crippen LogP contribution >= 0.6 is 11.8 Å². The maximum Gasteiger partial charge on any atom is 0.120 e. The van der Waals surface area contributed by atoms with E-state index in [1.807, 2.05) is 30.0 Å². The highest BCUT2D eigenvalue weighted by molar-refractivity contribution is 7.99. The first kappa shape index (κ1) is 17.9. The Hall–Kier alpha value is -1.45. The first-order valence-electron chi connectivity index (χ1n) is 8.27. The molecule has 0 unspecified atom stereocenters. The molecule has 2 rings (SSSR count). The second kappa shape index (κ2) is 10.3. The summed E-state index contributed by atoms with van der Waals surface area (Å²) in [5.74, 6) is 2.11. The molecule has 2 aromatic carbocycles. The van der Waals surface area contributed by atoms with Gasteiger partial charge in [0.15, 0.2) is 0 Å². The summed E-state index contributed by atoms with van der Waals surface area (Å²) < 4.78 is 11.5. The Kier molecular flexibility index (Phi) is 8.05. The van der Waals surface area contributed by atoms with Crippen molar-refractivity contribution < 1.29 is 9.47 Å². The third-order valence-electron chi connectivity index (χ3n) is 3.43. The van der Waals surface area contributed by atoms with Gasteiger partial charge in [-0.05, 0) is 42.4 Å². The number of rotatable bonds is 10. The van der Waals surface area contributed by atoms with E-state index < -0.39 is 0 Å². The number of hydrogen-bond donors (Lipinski definition) is 0. The number of hydrogen-bond acceptors (Lipinski definition) is 3. The zero-order valence-electron chi connectivity index (χ0n) is 14.1. The van der Waals surface area contributed by atoms with E-state index in [4.69, 9.17) is 9.47 Å². The number of benzene rings is 2. The van der Waals surface area contributed by atoms with Crippen LogP contribution in [0.25, 0.3) is 0 Å². The lowest BCUT2D eigenvalue weighted by molar-refractivity contribution is 0.107. The molecule has 0 aliphatic carbocycles. The van der Waals surface area contributed by atoms with Gasteiger partial charge in [0, 0.05) is 11.3 Å². The molecule has 124 valence electrons. The van der Waals surface area contributed by atoms with Crippen LogP contribution in [-0.4, -0.2) is 19.0 Å². The van der Waals surface area contributed by atoms with Gasteiger partial charge in [0.05, 0.1) is 19.8 Å². The monoisotopic (exact) mass is 330 g/mol. The topological polar surface area (TPSA) is 18.5 Å². The van der Waals surface area contributed by atoms with E-state index >= 15 is 0 Å². The average molecular weight is 330 g/mol. The quantitative estimate of drug-likeness (QED) is 0.424. The van der Waals surface area contributed by atoms with E-state index in [1.54, 1.807) is 0 Å². The van der Waals surface area contributed by atoms with Crippen molar-refractivity contribution in [2.24, 2.45) is 0 Å². The molecule has 2 aromatic rings. The lowest BCUT2D eigenvalue weighted by Gasteiger charge is -2.10. The van der Waals surface area contributed by atoms with Crippen molar-refractivity contribution >= 4 is 11.8 Å². The molecule has 0 atom stereocenters. The molecule has 0 spiro atoms. The molecule has 2 nitrogen and oxygen atoms in total. The van der Waals surface area contributed by atoms with Crippen molar-refractivity contribution in [1.29, 1.82) is 0 Å². The van der Waals surface area contributed by atoms with Gasteiger partial charge in [0.2, 0.25) is 0 Å². The Labute approximate surface area is 144 Å². The first-order valence-corrected chi connectivity index (χ1v) is 9.26. The van der Waals surface area contributed by atoms with Gasteiger partial charge in [-0.25, -0.2) is 0 Å². The van der Waals surface area contributed by atoms with Gasteiger partial charge in [0.25, 0.3) is 0 Å². The van der Waals surface area contributed by atoms with Crippen LogP contribution in [0.3, 0.4) is 0 Å². The molecular formula is C20H26O2S. The molecule has 0 aromatic heterocycles. The van der Waals surface area contributed by atoms with Crippen LogP contribution in [0.1, 0.15) is 30.9 Å². The van der Waals surface area contributed by atoms with E-state index in [-0.39, 0.29) is 0 Å². The van der Waals surface area contributed by atoms with E-state index in [0.717, 1.165) is 24.5 Å². The molecule has 0 aliphatic rings. The molecule has 0 N–H and O–H groups in total. The fourth-order valence-electron chi connectivity index (χ4n) is 2.15. The lowest BCUT2D eigenvalue weighted by Crippen LogP contribution is -2.03. The van der Waals surface area contributed by atoms with Gasteiger partial charge in [-0.3, -0.25) is 0 Å². The fourth-order valence-corrected chi connectivity index (χ4v) is 3.07. The molecular weight excluding hydrogens is 304 g/mol. The third-order valence-corrected chi connectivity index (χ3v) is 4.80. The lowest BCUT2D eigenvalue weighted by atomic mass is 10.2. The predicted octanol–water partition coefficient (Wildman–Crippen LogP) is 5.48. The second-order valence-electron chi connectivity index (χ2n) is 5.52. The number of aryl methyl sites for hydroxylation is 1. The maximum absolute atomic E-state index is 5.84. The van der Waals surface area contributed by atoms with Crippen LogP contribution in [0.2, 0.25) is 0 Å². The molecule has 0 aliphatic heterocycles. The standard InChI is InChI=1S/C20H26O2S/c1-3-14-23-20-15-19(11-10-17(20)2)22-13-7-12-21-16-18-8-5-4-6-9-18/h4-6,8-11,15H,3,7,12-14,16H2,1-2H3. The summed E-state index contributed by atoms with van der Waals surface area (Å²) in [7, 11) is 0. The van der Waals surface area contributed by atoms with Crippen LogP contribution < -0.4 is 4.74 Å². The molecule has 3 heteroatoms. The van der Waals surface area contributed by atoms with Crippen molar-refractivity contribution in [3.05, 3.63) is 59.7 Å². The molecule has 23 heavy (non-hydrogen) atoms. The molecule has 0 amide bonds. The van der Waals surface area contributed by atoms with E-state index in [0.29, 0.717) is 13.2 Å². The number of ether oxygens (including phenoxy) is 2. The van der Waals surface area contributed by atoms with Crippen LogP contribution in [0.4, 0.5) is 0 Å². The van der Waals surface area contributed by atoms with Gasteiger partial charge in [0.1, 0.15) is 5.75 Å².